The highest BCUT2D eigenvalue weighted by Crippen LogP contribution is 2.38. The zero-order valence-corrected chi connectivity index (χ0v) is 18.0. The number of benzene rings is 2. The van der Waals surface area contributed by atoms with Crippen LogP contribution in [0.3, 0.4) is 0 Å². The molecular formula is C26H18F2N4O2. The molecule has 0 radical (unpaired) electrons. The molecule has 3 aromatic heterocycles. The third kappa shape index (κ3) is 3.18. The zero-order valence-electron chi connectivity index (χ0n) is 18.0. The number of amides is 1. The number of aromatic nitrogens is 2. The summed E-state index contributed by atoms with van der Waals surface area (Å²) in [6, 6.07) is 16.5. The van der Waals surface area contributed by atoms with Crippen LogP contribution in [0.2, 0.25) is 0 Å². The van der Waals surface area contributed by atoms with E-state index in [0.29, 0.717) is 40.4 Å². The van der Waals surface area contributed by atoms with Gasteiger partial charge in [-0.1, -0.05) is 18.2 Å². The fourth-order valence-corrected chi connectivity index (χ4v) is 4.51. The Bertz CT molecular complexity index is 1600. The molecule has 8 heteroatoms. The molecule has 1 aliphatic rings. The van der Waals surface area contributed by atoms with E-state index in [2.05, 4.69) is 10.1 Å². The predicted octanol–water partition coefficient (Wildman–Crippen LogP) is 5.95. The van der Waals surface area contributed by atoms with Gasteiger partial charge in [-0.2, -0.15) is 5.10 Å². The van der Waals surface area contributed by atoms with Crippen molar-refractivity contribution >= 4 is 33.4 Å². The van der Waals surface area contributed by atoms with Crippen molar-refractivity contribution in [2.24, 2.45) is 5.10 Å². The molecule has 0 bridgehead atoms. The Morgan fingerprint density at radius 2 is 1.91 bits per heavy atom. The lowest BCUT2D eigenvalue weighted by Crippen LogP contribution is -2.25. The van der Waals surface area contributed by atoms with Crippen molar-refractivity contribution < 1.29 is 18.0 Å². The van der Waals surface area contributed by atoms with E-state index in [1.54, 1.807) is 18.4 Å². The summed E-state index contributed by atoms with van der Waals surface area (Å²) in [6.07, 6.45) is 1.96. The van der Waals surface area contributed by atoms with Crippen molar-refractivity contribution in [2.45, 2.75) is 19.4 Å². The van der Waals surface area contributed by atoms with Crippen molar-refractivity contribution in [2.75, 3.05) is 0 Å². The summed E-state index contributed by atoms with van der Waals surface area (Å²) in [7, 11) is 0. The Morgan fingerprint density at radius 3 is 2.68 bits per heavy atom. The maximum atomic E-state index is 14.2. The van der Waals surface area contributed by atoms with Crippen LogP contribution in [0.4, 0.5) is 8.78 Å². The van der Waals surface area contributed by atoms with Crippen molar-refractivity contribution in [3.63, 3.8) is 0 Å². The average Bonchev–Trinajstić information content (AvgIpc) is 3.58. The van der Waals surface area contributed by atoms with Crippen LogP contribution in [0.25, 0.3) is 33.1 Å². The number of furan rings is 1. The first-order valence-corrected chi connectivity index (χ1v) is 10.8. The summed E-state index contributed by atoms with van der Waals surface area (Å²) in [4.78, 5) is 20.7. The number of pyridine rings is 1. The van der Waals surface area contributed by atoms with Gasteiger partial charge in [-0.05, 0) is 42.5 Å². The standard InChI is InChI=1S/C26H18F2N4O2/c1-14(33)32-23(13-22(31-32)24-7-4-10-34-24)21-12-17-16-5-2-3-6-20(16)29-26(17)25(30-21)15-8-9-18(27)19(28)11-15/h2-12,23,29H,13H2,1H3. The molecule has 0 saturated carbocycles. The maximum Gasteiger partial charge on any atom is 0.240 e. The second-order valence-corrected chi connectivity index (χ2v) is 8.23. The van der Waals surface area contributed by atoms with Crippen LogP contribution < -0.4 is 0 Å². The molecule has 1 aliphatic heterocycles. The number of aromatic amines is 1. The van der Waals surface area contributed by atoms with E-state index in [1.165, 1.54) is 18.0 Å². The second-order valence-electron chi connectivity index (χ2n) is 8.23. The summed E-state index contributed by atoms with van der Waals surface area (Å²) in [5.41, 5.74) is 3.73. The maximum absolute atomic E-state index is 14.2. The number of hydrogen-bond acceptors (Lipinski definition) is 4. The van der Waals surface area contributed by atoms with E-state index < -0.39 is 17.7 Å². The molecule has 1 N–H and O–H groups in total. The molecule has 0 spiro atoms. The lowest BCUT2D eigenvalue weighted by Gasteiger charge is -2.20. The third-order valence-electron chi connectivity index (χ3n) is 6.09. The van der Waals surface area contributed by atoms with Crippen molar-refractivity contribution in [3.8, 4) is 11.3 Å². The van der Waals surface area contributed by atoms with E-state index in [1.807, 2.05) is 30.3 Å². The first-order valence-electron chi connectivity index (χ1n) is 10.8. The Hall–Kier alpha value is -4.33. The lowest BCUT2D eigenvalue weighted by molar-refractivity contribution is -0.130. The molecule has 0 fully saturated rings. The van der Waals surface area contributed by atoms with E-state index in [4.69, 9.17) is 9.40 Å². The number of carbonyl (C=O) groups excluding carboxylic acids is 1. The summed E-state index contributed by atoms with van der Waals surface area (Å²) >= 11 is 0. The molecule has 1 atom stereocenters. The minimum Gasteiger partial charge on any atom is -0.463 e. The van der Waals surface area contributed by atoms with Gasteiger partial charge in [0.05, 0.1) is 23.2 Å². The lowest BCUT2D eigenvalue weighted by atomic mass is 10.0. The van der Waals surface area contributed by atoms with E-state index in [0.717, 1.165) is 28.4 Å². The van der Waals surface area contributed by atoms with Crippen molar-refractivity contribution in [3.05, 3.63) is 90.0 Å². The smallest absolute Gasteiger partial charge is 0.240 e. The molecule has 5 aromatic rings. The van der Waals surface area contributed by atoms with Crippen LogP contribution in [0, 0.1) is 11.6 Å². The number of H-pyrrole nitrogens is 1. The molecule has 168 valence electrons. The molecule has 34 heavy (non-hydrogen) atoms. The number of para-hydroxylation sites is 1. The van der Waals surface area contributed by atoms with Gasteiger partial charge >= 0.3 is 0 Å². The van der Waals surface area contributed by atoms with Gasteiger partial charge in [-0.3, -0.25) is 4.79 Å². The monoisotopic (exact) mass is 456 g/mol. The van der Waals surface area contributed by atoms with E-state index >= 15 is 0 Å². The molecule has 4 heterocycles. The minimum atomic E-state index is -0.955. The van der Waals surface area contributed by atoms with Gasteiger partial charge in [0.2, 0.25) is 5.91 Å². The van der Waals surface area contributed by atoms with Crippen LogP contribution in [0.15, 0.2) is 76.4 Å². The first-order chi connectivity index (χ1) is 16.5. The highest BCUT2D eigenvalue weighted by molar-refractivity contribution is 6.11. The zero-order chi connectivity index (χ0) is 23.4. The van der Waals surface area contributed by atoms with Crippen LogP contribution in [-0.2, 0) is 4.79 Å². The highest BCUT2D eigenvalue weighted by Gasteiger charge is 2.34. The van der Waals surface area contributed by atoms with Crippen LogP contribution in [0.5, 0.6) is 0 Å². The van der Waals surface area contributed by atoms with Gasteiger partial charge in [0, 0.05) is 35.2 Å². The Labute approximate surface area is 192 Å². The minimum absolute atomic E-state index is 0.234. The summed E-state index contributed by atoms with van der Waals surface area (Å²) in [5.74, 6) is -1.53. The Balaban J connectivity index is 1.57. The normalized spacial score (nSPS) is 15.9. The number of carbonyl (C=O) groups is 1. The number of nitrogens with one attached hydrogen (secondary N) is 1. The molecule has 2 aromatic carbocycles. The molecule has 0 saturated heterocycles. The van der Waals surface area contributed by atoms with Crippen LogP contribution >= 0.6 is 0 Å². The number of halogens is 2. The fraction of sp³-hybridized carbons (Fsp3) is 0.115. The van der Waals surface area contributed by atoms with Crippen molar-refractivity contribution in [1.29, 1.82) is 0 Å². The Morgan fingerprint density at radius 1 is 1.06 bits per heavy atom. The van der Waals surface area contributed by atoms with Crippen LogP contribution in [0.1, 0.15) is 30.8 Å². The van der Waals surface area contributed by atoms with E-state index in [-0.39, 0.29) is 5.91 Å². The summed E-state index contributed by atoms with van der Waals surface area (Å²) in [6.45, 7) is 1.45. The Kier molecular flexibility index (Phi) is 4.55. The number of rotatable bonds is 3. The average molecular weight is 456 g/mol. The van der Waals surface area contributed by atoms with E-state index in [9.17, 15) is 13.6 Å². The van der Waals surface area contributed by atoms with Gasteiger partial charge in [0.25, 0.3) is 0 Å². The van der Waals surface area contributed by atoms with Crippen molar-refractivity contribution in [1.82, 2.24) is 15.0 Å². The van der Waals surface area contributed by atoms with Gasteiger partial charge in [-0.15, -0.1) is 0 Å². The molecule has 1 amide bonds. The second kappa shape index (κ2) is 7.62. The topological polar surface area (TPSA) is 74.5 Å². The largest absolute Gasteiger partial charge is 0.463 e. The van der Waals surface area contributed by atoms with Crippen LogP contribution in [-0.4, -0.2) is 26.6 Å². The number of hydrogen-bond donors (Lipinski definition) is 1. The molecule has 1 unspecified atom stereocenters. The number of nitrogens with zero attached hydrogens (tertiary/aromatic N) is 3. The summed E-state index contributed by atoms with van der Waals surface area (Å²) < 4.78 is 33.3. The van der Waals surface area contributed by atoms with Gasteiger partial charge in [0.15, 0.2) is 11.6 Å². The SMILES string of the molecule is CC(=O)N1N=C(c2ccco2)CC1c1cc2c([nH]c3ccccc32)c(-c2ccc(F)c(F)c2)n1. The molecule has 6 nitrogen and oxygen atoms in total. The highest BCUT2D eigenvalue weighted by atomic mass is 19.2. The fourth-order valence-electron chi connectivity index (χ4n) is 4.51. The molecule has 0 aliphatic carbocycles. The number of hydrazone groups is 1. The predicted molar refractivity (Wildman–Crippen MR) is 124 cm³/mol. The van der Waals surface area contributed by atoms with Gasteiger partial charge < -0.3 is 9.40 Å². The number of fused-ring (bicyclic) bond motifs is 3. The van der Waals surface area contributed by atoms with Gasteiger partial charge in [0.1, 0.15) is 17.5 Å². The molecular weight excluding hydrogens is 438 g/mol. The third-order valence-corrected chi connectivity index (χ3v) is 6.09. The quantitative estimate of drug-likeness (QED) is 0.364. The summed E-state index contributed by atoms with van der Waals surface area (Å²) in [5, 5.41) is 7.73. The molecule has 6 rings (SSSR count). The first kappa shape index (κ1) is 20.3. The van der Waals surface area contributed by atoms with Gasteiger partial charge in [-0.25, -0.2) is 18.8 Å².